The SMILES string of the molecule is CC1CCCC1(N)c1nnnn1C. The number of aromatic nitrogens is 4. The third kappa shape index (κ3) is 1.14. The van der Waals surface area contributed by atoms with Crippen LogP contribution in [0.25, 0.3) is 0 Å². The van der Waals surface area contributed by atoms with Crippen LogP contribution in [0.5, 0.6) is 0 Å². The average molecular weight is 181 g/mol. The van der Waals surface area contributed by atoms with Gasteiger partial charge >= 0.3 is 0 Å². The summed E-state index contributed by atoms with van der Waals surface area (Å²) in [6.07, 6.45) is 3.33. The number of hydrogen-bond donors (Lipinski definition) is 1. The van der Waals surface area contributed by atoms with Gasteiger partial charge in [-0.1, -0.05) is 13.3 Å². The summed E-state index contributed by atoms with van der Waals surface area (Å²) < 4.78 is 1.68. The highest BCUT2D eigenvalue weighted by molar-refractivity contribution is 5.08. The molecule has 13 heavy (non-hydrogen) atoms. The topological polar surface area (TPSA) is 69.6 Å². The number of nitrogens with zero attached hydrogens (tertiary/aromatic N) is 4. The van der Waals surface area contributed by atoms with Gasteiger partial charge < -0.3 is 5.73 Å². The monoisotopic (exact) mass is 181 g/mol. The van der Waals surface area contributed by atoms with Crippen molar-refractivity contribution in [2.45, 2.75) is 31.7 Å². The van der Waals surface area contributed by atoms with Crippen molar-refractivity contribution < 1.29 is 0 Å². The Morgan fingerprint density at radius 1 is 1.62 bits per heavy atom. The van der Waals surface area contributed by atoms with Crippen LogP contribution < -0.4 is 5.73 Å². The van der Waals surface area contributed by atoms with Crippen LogP contribution in [0.2, 0.25) is 0 Å². The number of hydrogen-bond acceptors (Lipinski definition) is 4. The molecule has 1 aliphatic carbocycles. The minimum Gasteiger partial charge on any atom is -0.319 e. The van der Waals surface area contributed by atoms with E-state index >= 15 is 0 Å². The van der Waals surface area contributed by atoms with E-state index in [9.17, 15) is 0 Å². The van der Waals surface area contributed by atoms with Gasteiger partial charge in [-0.2, -0.15) is 0 Å². The zero-order chi connectivity index (χ0) is 9.47. The quantitative estimate of drug-likeness (QED) is 0.671. The van der Waals surface area contributed by atoms with E-state index in [0.717, 1.165) is 12.2 Å². The highest BCUT2D eigenvalue weighted by Gasteiger charge is 2.41. The van der Waals surface area contributed by atoms with E-state index in [1.54, 1.807) is 4.68 Å². The van der Waals surface area contributed by atoms with E-state index in [2.05, 4.69) is 22.4 Å². The van der Waals surface area contributed by atoms with Gasteiger partial charge in [-0.3, -0.25) is 0 Å². The zero-order valence-corrected chi connectivity index (χ0v) is 8.06. The molecule has 5 nitrogen and oxygen atoms in total. The lowest BCUT2D eigenvalue weighted by molar-refractivity contribution is 0.316. The molecular weight excluding hydrogens is 166 g/mol. The van der Waals surface area contributed by atoms with Gasteiger partial charge in [0, 0.05) is 7.05 Å². The second-order valence-electron chi connectivity index (χ2n) is 3.96. The van der Waals surface area contributed by atoms with Gasteiger partial charge in [-0.05, 0) is 29.2 Å². The maximum atomic E-state index is 6.31. The average Bonchev–Trinajstić information content (AvgIpc) is 2.62. The molecule has 0 aromatic carbocycles. The first kappa shape index (κ1) is 8.62. The van der Waals surface area contributed by atoms with Crippen LogP contribution in [0.4, 0.5) is 0 Å². The largest absolute Gasteiger partial charge is 0.319 e. The predicted octanol–water partition coefficient (Wildman–Crippen LogP) is 0.184. The van der Waals surface area contributed by atoms with Crippen molar-refractivity contribution in [3.63, 3.8) is 0 Å². The van der Waals surface area contributed by atoms with Crippen molar-refractivity contribution >= 4 is 0 Å². The Morgan fingerprint density at radius 2 is 2.38 bits per heavy atom. The van der Waals surface area contributed by atoms with Crippen molar-refractivity contribution in [2.24, 2.45) is 18.7 Å². The molecule has 2 rings (SSSR count). The van der Waals surface area contributed by atoms with Gasteiger partial charge in [0.2, 0.25) is 0 Å². The summed E-state index contributed by atoms with van der Waals surface area (Å²) in [5.41, 5.74) is 6.00. The molecule has 2 unspecified atom stereocenters. The Balaban J connectivity index is 2.39. The third-order valence-electron chi connectivity index (χ3n) is 3.14. The fourth-order valence-corrected chi connectivity index (χ4v) is 2.16. The van der Waals surface area contributed by atoms with Crippen molar-refractivity contribution in [1.29, 1.82) is 0 Å². The number of aryl methyl sites for hydroxylation is 1. The molecule has 0 saturated heterocycles. The molecule has 0 bridgehead atoms. The van der Waals surface area contributed by atoms with Gasteiger partial charge in [0.25, 0.3) is 0 Å². The minimum absolute atomic E-state index is 0.307. The first-order chi connectivity index (χ1) is 6.14. The lowest BCUT2D eigenvalue weighted by Crippen LogP contribution is -2.41. The highest BCUT2D eigenvalue weighted by atomic mass is 15.5. The maximum Gasteiger partial charge on any atom is 0.171 e. The molecule has 1 saturated carbocycles. The van der Waals surface area contributed by atoms with Crippen molar-refractivity contribution in [3.05, 3.63) is 5.82 Å². The molecule has 5 heteroatoms. The Kier molecular flexibility index (Phi) is 1.83. The van der Waals surface area contributed by atoms with Crippen molar-refractivity contribution in [2.75, 3.05) is 0 Å². The van der Waals surface area contributed by atoms with Crippen LogP contribution in [0.15, 0.2) is 0 Å². The first-order valence-corrected chi connectivity index (χ1v) is 4.66. The summed E-state index contributed by atoms with van der Waals surface area (Å²) in [7, 11) is 1.84. The van der Waals surface area contributed by atoms with E-state index < -0.39 is 0 Å². The molecular formula is C8H15N5. The van der Waals surface area contributed by atoms with Crippen LogP contribution in [-0.2, 0) is 12.6 Å². The lowest BCUT2D eigenvalue weighted by atomic mass is 9.89. The number of nitrogens with two attached hydrogens (primary N) is 1. The molecule has 1 aliphatic rings. The van der Waals surface area contributed by atoms with E-state index in [-0.39, 0.29) is 5.54 Å². The molecule has 0 aliphatic heterocycles. The summed E-state index contributed by atoms with van der Waals surface area (Å²) in [5.74, 6) is 1.29. The van der Waals surface area contributed by atoms with Gasteiger partial charge in [0.1, 0.15) is 0 Å². The first-order valence-electron chi connectivity index (χ1n) is 4.66. The minimum atomic E-state index is -0.307. The molecule has 0 amide bonds. The molecule has 2 N–H and O–H groups in total. The Hall–Kier alpha value is -0.970. The molecule has 1 heterocycles. The number of tetrazole rings is 1. The van der Waals surface area contributed by atoms with Crippen LogP contribution >= 0.6 is 0 Å². The van der Waals surface area contributed by atoms with Crippen LogP contribution in [-0.4, -0.2) is 20.2 Å². The zero-order valence-electron chi connectivity index (χ0n) is 8.06. The summed E-state index contributed by atoms with van der Waals surface area (Å²) in [5, 5.41) is 11.4. The second kappa shape index (κ2) is 2.77. The summed E-state index contributed by atoms with van der Waals surface area (Å²) >= 11 is 0. The van der Waals surface area contributed by atoms with Crippen molar-refractivity contribution in [1.82, 2.24) is 20.2 Å². The Morgan fingerprint density at radius 3 is 2.85 bits per heavy atom. The molecule has 72 valence electrons. The lowest BCUT2D eigenvalue weighted by Gasteiger charge is -2.26. The molecule has 2 atom stereocenters. The smallest absolute Gasteiger partial charge is 0.171 e. The van der Waals surface area contributed by atoms with E-state index in [1.807, 2.05) is 7.05 Å². The van der Waals surface area contributed by atoms with Gasteiger partial charge in [0.05, 0.1) is 5.54 Å². The Labute approximate surface area is 77.3 Å². The summed E-state index contributed by atoms with van der Waals surface area (Å²) in [4.78, 5) is 0. The maximum absolute atomic E-state index is 6.31. The Bertz CT molecular complexity index is 307. The molecule has 1 aromatic rings. The fraction of sp³-hybridized carbons (Fsp3) is 0.875. The molecule has 0 radical (unpaired) electrons. The summed E-state index contributed by atoms with van der Waals surface area (Å²) in [6, 6.07) is 0. The van der Waals surface area contributed by atoms with E-state index in [4.69, 9.17) is 5.73 Å². The standard InChI is InChI=1S/C8H15N5/c1-6-4-3-5-8(6,9)7-10-11-12-13(7)2/h6H,3-5,9H2,1-2H3. The van der Waals surface area contributed by atoms with Gasteiger partial charge in [0.15, 0.2) is 5.82 Å². The van der Waals surface area contributed by atoms with Crippen LogP contribution in [0, 0.1) is 5.92 Å². The predicted molar refractivity (Wildman–Crippen MR) is 47.7 cm³/mol. The van der Waals surface area contributed by atoms with E-state index in [1.165, 1.54) is 12.8 Å². The second-order valence-corrected chi connectivity index (χ2v) is 3.96. The number of rotatable bonds is 1. The third-order valence-corrected chi connectivity index (χ3v) is 3.14. The van der Waals surface area contributed by atoms with Crippen LogP contribution in [0.1, 0.15) is 32.0 Å². The van der Waals surface area contributed by atoms with Gasteiger partial charge in [-0.15, -0.1) is 5.10 Å². The van der Waals surface area contributed by atoms with Crippen molar-refractivity contribution in [3.8, 4) is 0 Å². The molecule has 1 aromatic heterocycles. The molecule has 0 spiro atoms. The summed E-state index contributed by atoms with van der Waals surface area (Å²) in [6.45, 7) is 2.17. The normalized spacial score (nSPS) is 33.9. The highest BCUT2D eigenvalue weighted by Crippen LogP contribution is 2.39. The van der Waals surface area contributed by atoms with Gasteiger partial charge in [-0.25, -0.2) is 4.68 Å². The van der Waals surface area contributed by atoms with E-state index in [0.29, 0.717) is 5.92 Å². The molecule has 1 fully saturated rings. The fourth-order valence-electron chi connectivity index (χ4n) is 2.16. The van der Waals surface area contributed by atoms with Crippen LogP contribution in [0.3, 0.4) is 0 Å².